The molecule has 0 bridgehead atoms. The first-order chi connectivity index (χ1) is 9.84. The van der Waals surface area contributed by atoms with Crippen LogP contribution in [0.15, 0.2) is 30.3 Å². The number of sulfonamides is 1. The van der Waals surface area contributed by atoms with Crippen molar-refractivity contribution in [1.82, 2.24) is 4.98 Å². The third-order valence-electron chi connectivity index (χ3n) is 3.68. The predicted octanol–water partition coefficient (Wildman–Crippen LogP) is 0.937. The number of carbonyl (C=O) groups excluding carboxylic acids is 1. The van der Waals surface area contributed by atoms with E-state index in [0.29, 0.717) is 5.69 Å². The second-order valence-corrected chi connectivity index (χ2v) is 7.09. The Labute approximate surface area is 122 Å². The molecule has 1 atom stereocenters. The fraction of sp³-hybridized carbons (Fsp3) is 0.286. The summed E-state index contributed by atoms with van der Waals surface area (Å²) in [5, 5.41) is 5.20. The smallest absolute Gasteiger partial charge is 0.228 e. The Balaban J connectivity index is 1.97. The number of hydrogen-bond acceptors (Lipinski definition) is 4. The molecule has 1 aliphatic rings. The van der Waals surface area contributed by atoms with E-state index in [1.807, 2.05) is 31.2 Å². The summed E-state index contributed by atoms with van der Waals surface area (Å²) in [6.45, 7) is 2.01. The van der Waals surface area contributed by atoms with Gasteiger partial charge in [-0.05, 0) is 31.2 Å². The number of rotatable bonds is 2. The number of carbonyl (C=O) groups is 1. The molecule has 0 radical (unpaired) electrons. The molecule has 7 heteroatoms. The van der Waals surface area contributed by atoms with Gasteiger partial charge in [0.15, 0.2) is 0 Å². The van der Waals surface area contributed by atoms with Crippen molar-refractivity contribution in [3.05, 3.63) is 36.0 Å². The maximum Gasteiger partial charge on any atom is 0.228 e. The Morgan fingerprint density at radius 2 is 2.05 bits per heavy atom. The maximum absolute atomic E-state index is 12.0. The van der Waals surface area contributed by atoms with Crippen LogP contribution in [0, 0.1) is 6.92 Å². The third kappa shape index (κ3) is 2.62. The number of amides is 1. The lowest BCUT2D eigenvalue weighted by molar-refractivity contribution is -0.117. The number of pyridine rings is 1. The summed E-state index contributed by atoms with van der Waals surface area (Å²) >= 11 is 0. The van der Waals surface area contributed by atoms with Gasteiger partial charge in [0.25, 0.3) is 0 Å². The number of anilines is 1. The molecule has 21 heavy (non-hydrogen) atoms. The molecule has 3 rings (SSSR count). The highest BCUT2D eigenvalue weighted by Gasteiger charge is 2.37. The fourth-order valence-corrected chi connectivity index (χ4v) is 3.26. The van der Waals surface area contributed by atoms with Crippen LogP contribution >= 0.6 is 0 Å². The molecule has 110 valence electrons. The van der Waals surface area contributed by atoms with Crippen LogP contribution in [0.3, 0.4) is 0 Å². The molecule has 0 saturated carbocycles. The van der Waals surface area contributed by atoms with E-state index >= 15 is 0 Å². The lowest BCUT2D eigenvalue weighted by Gasteiger charge is -2.17. The minimum absolute atomic E-state index is 0.0665. The van der Waals surface area contributed by atoms with Crippen LogP contribution in [0.2, 0.25) is 0 Å². The van der Waals surface area contributed by atoms with Crippen molar-refractivity contribution in [3.63, 3.8) is 0 Å². The molecule has 0 aliphatic carbocycles. The Kier molecular flexibility index (Phi) is 3.18. The van der Waals surface area contributed by atoms with Gasteiger partial charge in [0.1, 0.15) is 5.25 Å². The van der Waals surface area contributed by atoms with Crippen molar-refractivity contribution < 1.29 is 13.2 Å². The second-order valence-electron chi connectivity index (χ2n) is 5.25. The highest BCUT2D eigenvalue weighted by atomic mass is 32.2. The standard InChI is InChI=1S/C14H15N3O3S/c1-9-2-3-10-6-11(4-5-13(10)16-9)17-8-12(7-14(17)18)21(15,19)20/h2-6,12H,7-8H2,1H3,(H2,15,19,20). The summed E-state index contributed by atoms with van der Waals surface area (Å²) in [6, 6.07) is 9.27. The Morgan fingerprint density at radius 1 is 1.29 bits per heavy atom. The molecule has 1 fully saturated rings. The quantitative estimate of drug-likeness (QED) is 0.893. The molecule has 0 spiro atoms. The summed E-state index contributed by atoms with van der Waals surface area (Å²) in [5.41, 5.74) is 2.43. The summed E-state index contributed by atoms with van der Waals surface area (Å²) in [7, 11) is -3.70. The van der Waals surface area contributed by atoms with Gasteiger partial charge >= 0.3 is 0 Å². The van der Waals surface area contributed by atoms with E-state index in [1.165, 1.54) is 4.90 Å². The van der Waals surface area contributed by atoms with Gasteiger partial charge in [-0.3, -0.25) is 9.78 Å². The van der Waals surface area contributed by atoms with Gasteiger partial charge in [0.2, 0.25) is 15.9 Å². The fourth-order valence-electron chi connectivity index (χ4n) is 2.53. The van der Waals surface area contributed by atoms with Gasteiger partial charge in [0, 0.05) is 29.7 Å². The van der Waals surface area contributed by atoms with Crippen LogP contribution in [0.1, 0.15) is 12.1 Å². The molecule has 2 N–H and O–H groups in total. The summed E-state index contributed by atoms with van der Waals surface area (Å²) in [4.78, 5) is 17.9. The van der Waals surface area contributed by atoms with Crippen LogP contribution in [0.25, 0.3) is 10.9 Å². The molecule has 1 unspecified atom stereocenters. The number of fused-ring (bicyclic) bond motifs is 1. The number of aryl methyl sites for hydroxylation is 1. The van der Waals surface area contributed by atoms with E-state index in [0.717, 1.165) is 16.6 Å². The molecule has 1 amide bonds. The summed E-state index contributed by atoms with van der Waals surface area (Å²) < 4.78 is 22.8. The molecule has 2 heterocycles. The normalized spacial score (nSPS) is 19.4. The number of aromatic nitrogens is 1. The van der Waals surface area contributed by atoms with Crippen LogP contribution in [-0.4, -0.2) is 31.1 Å². The predicted molar refractivity (Wildman–Crippen MR) is 80.3 cm³/mol. The molecule has 1 aromatic heterocycles. The van der Waals surface area contributed by atoms with E-state index in [-0.39, 0.29) is 18.9 Å². The molecular weight excluding hydrogens is 290 g/mol. The van der Waals surface area contributed by atoms with E-state index in [2.05, 4.69) is 4.98 Å². The maximum atomic E-state index is 12.0. The van der Waals surface area contributed by atoms with Gasteiger partial charge in [-0.2, -0.15) is 0 Å². The third-order valence-corrected chi connectivity index (χ3v) is 4.92. The van der Waals surface area contributed by atoms with Crippen molar-refractivity contribution in [1.29, 1.82) is 0 Å². The van der Waals surface area contributed by atoms with Crippen molar-refractivity contribution in [2.24, 2.45) is 5.14 Å². The Hall–Kier alpha value is -1.99. The van der Waals surface area contributed by atoms with E-state index in [4.69, 9.17) is 5.14 Å². The van der Waals surface area contributed by atoms with Gasteiger partial charge in [-0.1, -0.05) is 6.07 Å². The number of hydrogen-bond donors (Lipinski definition) is 1. The Morgan fingerprint density at radius 3 is 2.71 bits per heavy atom. The first-order valence-electron chi connectivity index (χ1n) is 6.54. The SMILES string of the molecule is Cc1ccc2cc(N3CC(S(N)(=O)=O)CC3=O)ccc2n1. The largest absolute Gasteiger partial charge is 0.311 e. The highest BCUT2D eigenvalue weighted by Crippen LogP contribution is 2.27. The minimum atomic E-state index is -3.70. The minimum Gasteiger partial charge on any atom is -0.311 e. The number of benzene rings is 1. The number of nitrogens with zero attached hydrogens (tertiary/aromatic N) is 2. The van der Waals surface area contributed by atoms with Crippen molar-refractivity contribution >= 4 is 32.5 Å². The first-order valence-corrected chi connectivity index (χ1v) is 8.15. The first kappa shape index (κ1) is 14.0. The molecule has 6 nitrogen and oxygen atoms in total. The average Bonchev–Trinajstić information content (AvgIpc) is 2.80. The topological polar surface area (TPSA) is 93.4 Å². The van der Waals surface area contributed by atoms with Crippen LogP contribution in [0.4, 0.5) is 5.69 Å². The van der Waals surface area contributed by atoms with Crippen molar-refractivity contribution in [2.75, 3.05) is 11.4 Å². The van der Waals surface area contributed by atoms with E-state index < -0.39 is 15.3 Å². The molecular formula is C14H15N3O3S. The van der Waals surface area contributed by atoms with E-state index in [9.17, 15) is 13.2 Å². The van der Waals surface area contributed by atoms with Gasteiger partial charge < -0.3 is 4.90 Å². The zero-order chi connectivity index (χ0) is 15.2. The van der Waals surface area contributed by atoms with Crippen LogP contribution in [-0.2, 0) is 14.8 Å². The molecule has 1 saturated heterocycles. The average molecular weight is 305 g/mol. The number of nitrogens with two attached hydrogens (primary N) is 1. The van der Waals surface area contributed by atoms with Crippen molar-refractivity contribution in [2.45, 2.75) is 18.6 Å². The van der Waals surface area contributed by atoms with Gasteiger partial charge in [0.05, 0.1) is 5.52 Å². The highest BCUT2D eigenvalue weighted by molar-refractivity contribution is 7.89. The van der Waals surface area contributed by atoms with Crippen molar-refractivity contribution in [3.8, 4) is 0 Å². The summed E-state index contributed by atoms with van der Waals surface area (Å²) in [5.74, 6) is -0.228. The monoisotopic (exact) mass is 305 g/mol. The summed E-state index contributed by atoms with van der Waals surface area (Å²) in [6.07, 6.45) is -0.0665. The Bertz CT molecular complexity index is 832. The van der Waals surface area contributed by atoms with Crippen LogP contribution < -0.4 is 10.0 Å². The number of primary sulfonamides is 1. The van der Waals surface area contributed by atoms with E-state index in [1.54, 1.807) is 6.07 Å². The zero-order valence-electron chi connectivity index (χ0n) is 11.5. The molecule has 1 aliphatic heterocycles. The van der Waals surface area contributed by atoms with Gasteiger partial charge in [-0.15, -0.1) is 0 Å². The zero-order valence-corrected chi connectivity index (χ0v) is 12.3. The molecule has 2 aromatic rings. The molecule has 1 aromatic carbocycles. The lowest BCUT2D eigenvalue weighted by atomic mass is 10.1. The second kappa shape index (κ2) is 4.78. The van der Waals surface area contributed by atoms with Crippen LogP contribution in [0.5, 0.6) is 0 Å². The lowest BCUT2D eigenvalue weighted by Crippen LogP contribution is -2.32. The van der Waals surface area contributed by atoms with Gasteiger partial charge in [-0.25, -0.2) is 13.6 Å².